The first-order chi connectivity index (χ1) is 7.24. The van der Waals surface area contributed by atoms with Crippen LogP contribution in [0.3, 0.4) is 0 Å². The summed E-state index contributed by atoms with van der Waals surface area (Å²) in [4.78, 5) is 4.11. The Morgan fingerprint density at radius 1 is 1.60 bits per heavy atom. The van der Waals surface area contributed by atoms with Gasteiger partial charge >= 0.3 is 0 Å². The van der Waals surface area contributed by atoms with Gasteiger partial charge in [-0.25, -0.2) is 4.98 Å². The molecule has 2 heterocycles. The van der Waals surface area contributed by atoms with Crippen molar-refractivity contribution >= 4 is 23.1 Å². The van der Waals surface area contributed by atoms with E-state index in [4.69, 9.17) is 22.1 Å². The second kappa shape index (κ2) is 4.68. The summed E-state index contributed by atoms with van der Waals surface area (Å²) in [6, 6.07) is 3.39. The van der Waals surface area contributed by atoms with E-state index < -0.39 is 0 Å². The summed E-state index contributed by atoms with van der Waals surface area (Å²) in [6.45, 7) is 1.62. The highest BCUT2D eigenvalue weighted by Crippen LogP contribution is 2.17. The minimum atomic E-state index is 0.284. The number of halogens is 1. The number of aromatic nitrogens is 1. The van der Waals surface area contributed by atoms with E-state index >= 15 is 0 Å². The lowest BCUT2D eigenvalue weighted by atomic mass is 10.2. The van der Waals surface area contributed by atoms with E-state index in [1.165, 1.54) is 0 Å². The van der Waals surface area contributed by atoms with Crippen molar-refractivity contribution in [1.29, 1.82) is 0 Å². The van der Waals surface area contributed by atoms with Gasteiger partial charge in [-0.3, -0.25) is 0 Å². The van der Waals surface area contributed by atoms with Gasteiger partial charge < -0.3 is 15.8 Å². The lowest BCUT2D eigenvalue weighted by molar-refractivity contribution is 0.120. The van der Waals surface area contributed by atoms with Gasteiger partial charge in [-0.15, -0.1) is 0 Å². The lowest BCUT2D eigenvalue weighted by Crippen LogP contribution is -2.19. The number of nitrogens with zero attached hydrogens (tertiary/aromatic N) is 1. The molecular formula is C10H14ClN3O. The number of ether oxygens (including phenoxy) is 1. The zero-order chi connectivity index (χ0) is 10.7. The van der Waals surface area contributed by atoms with Crippen LogP contribution in [0.2, 0.25) is 5.15 Å². The fourth-order valence-electron chi connectivity index (χ4n) is 1.63. The normalized spacial score (nSPS) is 20.5. The van der Waals surface area contributed by atoms with Crippen LogP contribution in [0.1, 0.15) is 12.8 Å². The van der Waals surface area contributed by atoms with Crippen molar-refractivity contribution in [3.63, 3.8) is 0 Å². The summed E-state index contributed by atoms with van der Waals surface area (Å²) in [5.41, 5.74) is 6.26. The second-order valence-electron chi connectivity index (χ2n) is 3.62. The quantitative estimate of drug-likeness (QED) is 0.775. The molecule has 0 bridgehead atoms. The summed E-state index contributed by atoms with van der Waals surface area (Å²) in [5, 5.41) is 3.57. The van der Waals surface area contributed by atoms with E-state index in [0.29, 0.717) is 16.7 Å². The van der Waals surface area contributed by atoms with Crippen molar-refractivity contribution in [2.24, 2.45) is 0 Å². The van der Waals surface area contributed by atoms with Crippen LogP contribution < -0.4 is 11.1 Å². The number of hydrogen-bond donors (Lipinski definition) is 2. The fourth-order valence-corrected chi connectivity index (χ4v) is 1.85. The predicted molar refractivity (Wildman–Crippen MR) is 61.1 cm³/mol. The Bertz CT molecular complexity index is 319. The fraction of sp³-hybridized carbons (Fsp3) is 0.500. The largest absolute Gasteiger partial charge is 0.399 e. The molecule has 1 aliphatic heterocycles. The van der Waals surface area contributed by atoms with Gasteiger partial charge in [0.1, 0.15) is 11.0 Å². The van der Waals surface area contributed by atoms with Crippen LogP contribution in [0.25, 0.3) is 0 Å². The van der Waals surface area contributed by atoms with Crippen molar-refractivity contribution in [1.82, 2.24) is 4.98 Å². The van der Waals surface area contributed by atoms with Crippen molar-refractivity contribution in [3.05, 3.63) is 17.3 Å². The number of rotatable bonds is 3. The molecule has 0 radical (unpaired) electrons. The minimum Gasteiger partial charge on any atom is -0.399 e. The van der Waals surface area contributed by atoms with Crippen LogP contribution in [0, 0.1) is 0 Å². The van der Waals surface area contributed by atoms with Gasteiger partial charge in [0.25, 0.3) is 0 Å². The zero-order valence-electron chi connectivity index (χ0n) is 8.37. The highest BCUT2D eigenvalue weighted by Gasteiger charge is 2.15. The molecular weight excluding hydrogens is 214 g/mol. The molecule has 4 nitrogen and oxygen atoms in total. The third kappa shape index (κ3) is 2.97. The van der Waals surface area contributed by atoms with Crippen LogP contribution in [-0.2, 0) is 4.74 Å². The van der Waals surface area contributed by atoms with Gasteiger partial charge in [-0.2, -0.15) is 0 Å². The monoisotopic (exact) mass is 227 g/mol. The first kappa shape index (κ1) is 10.5. The van der Waals surface area contributed by atoms with Gasteiger partial charge in [0, 0.05) is 24.9 Å². The van der Waals surface area contributed by atoms with Crippen LogP contribution in [0.4, 0.5) is 11.5 Å². The first-order valence-electron chi connectivity index (χ1n) is 5.02. The predicted octanol–water partition coefficient (Wildman–Crippen LogP) is 1.91. The van der Waals surface area contributed by atoms with E-state index in [1.807, 2.05) is 0 Å². The van der Waals surface area contributed by atoms with E-state index in [9.17, 15) is 0 Å². The first-order valence-corrected chi connectivity index (χ1v) is 5.40. The smallest absolute Gasteiger partial charge is 0.133 e. The van der Waals surface area contributed by atoms with E-state index in [0.717, 1.165) is 26.0 Å². The van der Waals surface area contributed by atoms with Crippen molar-refractivity contribution in [3.8, 4) is 0 Å². The summed E-state index contributed by atoms with van der Waals surface area (Å²) >= 11 is 5.78. The lowest BCUT2D eigenvalue weighted by Gasteiger charge is -2.11. The van der Waals surface area contributed by atoms with Crippen LogP contribution in [0.5, 0.6) is 0 Å². The Labute approximate surface area is 93.8 Å². The average molecular weight is 228 g/mol. The molecule has 1 unspecified atom stereocenters. The minimum absolute atomic E-state index is 0.284. The van der Waals surface area contributed by atoms with Crippen molar-refractivity contribution < 1.29 is 4.74 Å². The number of nitrogen functional groups attached to an aromatic ring is 1. The summed E-state index contributed by atoms with van der Waals surface area (Å²) in [6.07, 6.45) is 2.52. The second-order valence-corrected chi connectivity index (χ2v) is 4.01. The number of anilines is 2. The molecule has 5 heteroatoms. The maximum Gasteiger partial charge on any atom is 0.133 e. The summed E-state index contributed by atoms with van der Waals surface area (Å²) in [5.74, 6) is 0.704. The Morgan fingerprint density at radius 3 is 3.13 bits per heavy atom. The third-order valence-corrected chi connectivity index (χ3v) is 2.54. The standard InChI is InChI=1S/C10H14ClN3O/c11-9-4-7(12)5-10(14-9)13-6-8-2-1-3-15-8/h4-5,8H,1-3,6H2,(H3,12,13,14). The molecule has 3 N–H and O–H groups in total. The van der Waals surface area contributed by atoms with Crippen LogP contribution in [0.15, 0.2) is 12.1 Å². The topological polar surface area (TPSA) is 60.2 Å². The molecule has 1 saturated heterocycles. The average Bonchev–Trinajstić information content (AvgIpc) is 2.65. The van der Waals surface area contributed by atoms with E-state index in [2.05, 4.69) is 10.3 Å². The highest BCUT2D eigenvalue weighted by atomic mass is 35.5. The van der Waals surface area contributed by atoms with Crippen molar-refractivity contribution in [2.75, 3.05) is 24.2 Å². The number of pyridine rings is 1. The molecule has 0 saturated carbocycles. The van der Waals surface area contributed by atoms with Gasteiger partial charge in [-0.05, 0) is 18.9 Å². The molecule has 1 aromatic heterocycles. The summed E-state index contributed by atoms with van der Waals surface area (Å²) in [7, 11) is 0. The molecule has 82 valence electrons. The Hall–Kier alpha value is -1.00. The highest BCUT2D eigenvalue weighted by molar-refractivity contribution is 6.29. The molecule has 0 amide bonds. The Morgan fingerprint density at radius 2 is 2.47 bits per heavy atom. The Kier molecular flexibility index (Phi) is 3.28. The molecule has 1 aromatic rings. The molecule has 2 rings (SSSR count). The molecule has 1 fully saturated rings. The number of hydrogen-bond acceptors (Lipinski definition) is 4. The SMILES string of the molecule is Nc1cc(Cl)nc(NCC2CCCO2)c1. The third-order valence-electron chi connectivity index (χ3n) is 2.35. The van der Waals surface area contributed by atoms with Crippen LogP contribution in [-0.4, -0.2) is 24.2 Å². The molecule has 0 aromatic carbocycles. The molecule has 1 aliphatic rings. The molecule has 0 aliphatic carbocycles. The maximum absolute atomic E-state index is 5.78. The zero-order valence-corrected chi connectivity index (χ0v) is 9.13. The van der Waals surface area contributed by atoms with Crippen LogP contribution >= 0.6 is 11.6 Å². The van der Waals surface area contributed by atoms with Crippen molar-refractivity contribution in [2.45, 2.75) is 18.9 Å². The van der Waals surface area contributed by atoms with E-state index in [1.54, 1.807) is 12.1 Å². The molecule has 1 atom stereocenters. The van der Waals surface area contributed by atoms with E-state index in [-0.39, 0.29) is 6.10 Å². The number of nitrogens with one attached hydrogen (secondary N) is 1. The Balaban J connectivity index is 1.92. The molecule has 0 spiro atoms. The van der Waals surface area contributed by atoms with Gasteiger partial charge in [-0.1, -0.05) is 11.6 Å². The molecule has 15 heavy (non-hydrogen) atoms. The van der Waals surface area contributed by atoms with Gasteiger partial charge in [0.15, 0.2) is 0 Å². The van der Waals surface area contributed by atoms with Gasteiger partial charge in [0.05, 0.1) is 6.10 Å². The number of nitrogens with two attached hydrogens (primary N) is 1. The summed E-state index contributed by atoms with van der Waals surface area (Å²) < 4.78 is 5.48. The van der Waals surface area contributed by atoms with Gasteiger partial charge in [0.2, 0.25) is 0 Å². The maximum atomic E-state index is 5.78.